The highest BCUT2D eigenvalue weighted by molar-refractivity contribution is 6.02. The fourth-order valence-corrected chi connectivity index (χ4v) is 4.59. The quantitative estimate of drug-likeness (QED) is 0.765. The Bertz CT molecular complexity index is 1120. The zero-order valence-corrected chi connectivity index (χ0v) is 17.7. The number of carbonyl (C=O) groups excluding carboxylic acids is 1. The van der Waals surface area contributed by atoms with Gasteiger partial charge in [-0.05, 0) is 37.1 Å². The minimum absolute atomic E-state index is 0.0140. The van der Waals surface area contributed by atoms with E-state index in [4.69, 9.17) is 4.99 Å². The second-order valence-corrected chi connectivity index (χ2v) is 8.33. The number of hydrogen-bond donors (Lipinski definition) is 2. The van der Waals surface area contributed by atoms with E-state index < -0.39 is 11.6 Å². The third-order valence-corrected chi connectivity index (χ3v) is 6.35. The molecule has 3 atom stereocenters. The first-order valence-electron chi connectivity index (χ1n) is 10.5. The van der Waals surface area contributed by atoms with Gasteiger partial charge in [0.1, 0.15) is 18.3 Å². The molecule has 1 aromatic carbocycles. The van der Waals surface area contributed by atoms with Crippen molar-refractivity contribution in [1.82, 2.24) is 25.5 Å². The number of nitrogens with zero attached hydrogens (tertiary/aromatic N) is 5. The minimum atomic E-state index is -0.931. The first kappa shape index (κ1) is 20.5. The molecule has 2 aromatic rings. The van der Waals surface area contributed by atoms with Crippen LogP contribution in [0.1, 0.15) is 24.2 Å². The van der Waals surface area contributed by atoms with E-state index in [1.54, 1.807) is 36.5 Å². The Kier molecular flexibility index (Phi) is 5.09. The largest absolute Gasteiger partial charge is 0.329 e. The predicted molar refractivity (Wildman–Crippen MR) is 115 cm³/mol. The number of aryl methyl sites for hydroxylation is 1. The van der Waals surface area contributed by atoms with Gasteiger partial charge in [0, 0.05) is 48.7 Å². The number of anilines is 1. The number of rotatable bonds is 4. The van der Waals surface area contributed by atoms with E-state index in [1.165, 1.54) is 4.90 Å². The average molecular weight is 439 g/mol. The summed E-state index contributed by atoms with van der Waals surface area (Å²) in [6.07, 6.45) is 5.15. The Balaban J connectivity index is 1.43. The van der Waals surface area contributed by atoms with E-state index in [0.717, 1.165) is 24.5 Å². The third-order valence-electron chi connectivity index (χ3n) is 6.35. The maximum Gasteiger partial charge on any atom is 0.329 e. The summed E-state index contributed by atoms with van der Waals surface area (Å²) in [5.41, 5.74) is 1.06. The van der Waals surface area contributed by atoms with E-state index in [-0.39, 0.29) is 30.5 Å². The summed E-state index contributed by atoms with van der Waals surface area (Å²) in [4.78, 5) is 29.5. The SMILES string of the molecule is Cc1cc(F)c(F)cc1N1C=C2N=C(C3CNCC3C(C)c3ncccn3)NC(=O)N2C1. The van der Waals surface area contributed by atoms with Gasteiger partial charge in [-0.2, -0.15) is 0 Å². The third kappa shape index (κ3) is 3.50. The lowest BCUT2D eigenvalue weighted by atomic mass is 9.83. The van der Waals surface area contributed by atoms with Gasteiger partial charge < -0.3 is 10.2 Å². The van der Waals surface area contributed by atoms with Gasteiger partial charge in [0.2, 0.25) is 0 Å². The van der Waals surface area contributed by atoms with E-state index >= 15 is 0 Å². The van der Waals surface area contributed by atoms with Gasteiger partial charge in [-0.3, -0.25) is 10.2 Å². The van der Waals surface area contributed by atoms with Gasteiger partial charge >= 0.3 is 6.03 Å². The van der Waals surface area contributed by atoms with Crippen molar-refractivity contribution in [2.45, 2.75) is 19.8 Å². The van der Waals surface area contributed by atoms with Gasteiger partial charge in [-0.15, -0.1) is 0 Å². The molecule has 10 heteroatoms. The molecule has 1 fully saturated rings. The maximum atomic E-state index is 13.8. The van der Waals surface area contributed by atoms with Crippen LogP contribution >= 0.6 is 0 Å². The fraction of sp³-hybridized carbons (Fsp3) is 0.364. The molecule has 1 saturated heterocycles. The number of amidine groups is 1. The number of aliphatic imine (C=N–C) groups is 1. The lowest BCUT2D eigenvalue weighted by Gasteiger charge is -2.30. The van der Waals surface area contributed by atoms with Crippen molar-refractivity contribution in [3.63, 3.8) is 0 Å². The minimum Gasteiger partial charge on any atom is -0.325 e. The van der Waals surface area contributed by atoms with Crippen molar-refractivity contribution in [2.75, 3.05) is 24.7 Å². The molecule has 0 saturated carbocycles. The first-order valence-corrected chi connectivity index (χ1v) is 10.5. The van der Waals surface area contributed by atoms with Gasteiger partial charge in [0.05, 0.1) is 0 Å². The number of hydrogen-bond acceptors (Lipinski definition) is 6. The molecule has 0 bridgehead atoms. The molecule has 1 aromatic heterocycles. The predicted octanol–water partition coefficient (Wildman–Crippen LogP) is 2.70. The summed E-state index contributed by atoms with van der Waals surface area (Å²) in [7, 11) is 0. The van der Waals surface area contributed by atoms with Gasteiger partial charge in [0.15, 0.2) is 17.5 Å². The van der Waals surface area contributed by atoms with E-state index in [9.17, 15) is 13.6 Å². The maximum absolute atomic E-state index is 13.8. The molecule has 3 aliphatic rings. The Morgan fingerprint density at radius 1 is 1.16 bits per heavy atom. The van der Waals surface area contributed by atoms with Crippen LogP contribution in [0.3, 0.4) is 0 Å². The van der Waals surface area contributed by atoms with Crippen LogP contribution in [0.2, 0.25) is 0 Å². The number of aromatic nitrogens is 2. The smallest absolute Gasteiger partial charge is 0.325 e. The molecule has 3 aliphatic heterocycles. The number of benzene rings is 1. The lowest BCUT2D eigenvalue weighted by molar-refractivity contribution is 0.216. The molecule has 4 heterocycles. The number of amides is 2. The molecule has 0 spiro atoms. The summed E-state index contributed by atoms with van der Waals surface area (Å²) >= 11 is 0. The number of fused-ring (bicyclic) bond motifs is 1. The molecule has 8 nitrogen and oxygen atoms in total. The highest BCUT2D eigenvalue weighted by atomic mass is 19.2. The molecule has 32 heavy (non-hydrogen) atoms. The number of urea groups is 1. The summed E-state index contributed by atoms with van der Waals surface area (Å²) in [6, 6.07) is 3.78. The molecule has 2 N–H and O–H groups in total. The average Bonchev–Trinajstić information content (AvgIpc) is 3.44. The number of halogens is 2. The normalized spacial score (nSPS) is 23.6. The molecule has 166 valence electrons. The van der Waals surface area contributed by atoms with E-state index in [0.29, 0.717) is 29.5 Å². The van der Waals surface area contributed by atoms with Crippen LogP contribution in [0, 0.1) is 30.4 Å². The van der Waals surface area contributed by atoms with E-state index in [1.807, 2.05) is 0 Å². The Labute approximate surface area is 184 Å². The van der Waals surface area contributed by atoms with Crippen LogP contribution in [-0.4, -0.2) is 46.5 Å². The van der Waals surface area contributed by atoms with Crippen molar-refractivity contribution in [2.24, 2.45) is 16.8 Å². The van der Waals surface area contributed by atoms with Crippen molar-refractivity contribution in [3.8, 4) is 0 Å². The molecule has 2 amide bonds. The van der Waals surface area contributed by atoms with Crippen LogP contribution in [-0.2, 0) is 0 Å². The second kappa shape index (κ2) is 7.94. The van der Waals surface area contributed by atoms with Crippen LogP contribution in [0.25, 0.3) is 0 Å². The topological polar surface area (TPSA) is 85.7 Å². The summed E-state index contributed by atoms with van der Waals surface area (Å²) in [5, 5.41) is 6.32. The highest BCUT2D eigenvalue weighted by Gasteiger charge is 2.41. The molecule has 3 unspecified atom stereocenters. The van der Waals surface area contributed by atoms with Crippen LogP contribution in [0.15, 0.2) is 47.6 Å². The van der Waals surface area contributed by atoms with Crippen LogP contribution in [0.4, 0.5) is 19.3 Å². The van der Waals surface area contributed by atoms with Crippen molar-refractivity contribution in [3.05, 3.63) is 65.6 Å². The summed E-state index contributed by atoms with van der Waals surface area (Å²) in [5.74, 6) is 0.226. The lowest BCUT2D eigenvalue weighted by Crippen LogP contribution is -2.50. The van der Waals surface area contributed by atoms with Crippen LogP contribution in [0.5, 0.6) is 0 Å². The zero-order valence-electron chi connectivity index (χ0n) is 17.7. The zero-order chi connectivity index (χ0) is 22.4. The van der Waals surface area contributed by atoms with Crippen molar-refractivity contribution < 1.29 is 13.6 Å². The monoisotopic (exact) mass is 439 g/mol. The van der Waals surface area contributed by atoms with Crippen LogP contribution < -0.4 is 15.5 Å². The summed E-state index contributed by atoms with van der Waals surface area (Å²) in [6.45, 7) is 5.40. The number of nitrogens with one attached hydrogen (secondary N) is 2. The van der Waals surface area contributed by atoms with E-state index in [2.05, 4.69) is 27.5 Å². The van der Waals surface area contributed by atoms with Crippen molar-refractivity contribution in [1.29, 1.82) is 0 Å². The van der Waals surface area contributed by atoms with Gasteiger partial charge in [-0.1, -0.05) is 6.92 Å². The van der Waals surface area contributed by atoms with Crippen molar-refractivity contribution >= 4 is 17.6 Å². The standard InChI is InChI=1S/C22H23F2N7O/c1-12-6-16(23)17(24)7-18(12)30-10-19-28-21(29-22(32)31(19)11-30)15-9-25-8-14(15)13(2)20-26-4-3-5-27-20/h3-7,10,13-15,25H,8-9,11H2,1-2H3,(H,28,29,32). The van der Waals surface area contributed by atoms with Gasteiger partial charge in [0.25, 0.3) is 0 Å². The Hall–Kier alpha value is -3.40. The molecule has 0 aliphatic carbocycles. The Morgan fingerprint density at radius 2 is 1.91 bits per heavy atom. The fourth-order valence-electron chi connectivity index (χ4n) is 4.59. The second-order valence-electron chi connectivity index (χ2n) is 8.33. The Morgan fingerprint density at radius 3 is 2.69 bits per heavy atom. The summed E-state index contributed by atoms with van der Waals surface area (Å²) < 4.78 is 27.4. The highest BCUT2D eigenvalue weighted by Crippen LogP contribution is 2.34. The van der Waals surface area contributed by atoms with Gasteiger partial charge in [-0.25, -0.2) is 28.5 Å². The molecule has 0 radical (unpaired) electrons. The first-order chi connectivity index (χ1) is 15.4. The molecule has 5 rings (SSSR count). The number of carbonyl (C=O) groups is 1. The molecular formula is C22H23F2N7O. The molecular weight excluding hydrogens is 416 g/mol.